The molecule has 0 atom stereocenters. The molecule has 1 heterocycles. The van der Waals surface area contributed by atoms with Gasteiger partial charge in [0.25, 0.3) is 0 Å². The summed E-state index contributed by atoms with van der Waals surface area (Å²) in [6.07, 6.45) is 2.29. The Morgan fingerprint density at radius 2 is 2.15 bits per heavy atom. The Kier molecular flexibility index (Phi) is 3.83. The Morgan fingerprint density at radius 1 is 1.46 bits per heavy atom. The van der Waals surface area contributed by atoms with E-state index in [1.165, 1.54) is 21.4 Å². The van der Waals surface area contributed by atoms with E-state index in [2.05, 4.69) is 44.8 Å². The zero-order valence-corrected chi connectivity index (χ0v) is 9.82. The first kappa shape index (κ1) is 10.6. The molecule has 0 aliphatic rings. The van der Waals surface area contributed by atoms with Crippen LogP contribution in [0.25, 0.3) is 0 Å². The zero-order chi connectivity index (χ0) is 9.84. The van der Waals surface area contributed by atoms with Gasteiger partial charge in [-0.1, -0.05) is 0 Å². The van der Waals surface area contributed by atoms with Gasteiger partial charge in [0, 0.05) is 0 Å². The average molecular weight is 219 g/mol. The summed E-state index contributed by atoms with van der Waals surface area (Å²) in [6, 6.07) is 2.24. The molecule has 0 unspecified atom stereocenters. The number of aromatic amines is 1. The molecule has 1 aromatic rings. The normalized spacial score (nSPS) is 10.5. The summed E-state index contributed by atoms with van der Waals surface area (Å²) in [7, 11) is 0. The number of H-pyrrole nitrogens is 1. The number of aryl methyl sites for hydroxylation is 2. The summed E-state index contributed by atoms with van der Waals surface area (Å²) in [6.45, 7) is 8.55. The van der Waals surface area contributed by atoms with Crippen LogP contribution in [0.3, 0.4) is 0 Å². The van der Waals surface area contributed by atoms with Crippen LogP contribution in [0.4, 0.5) is 0 Å². The van der Waals surface area contributed by atoms with Crippen LogP contribution in [0.15, 0.2) is 17.7 Å². The van der Waals surface area contributed by atoms with E-state index in [4.69, 9.17) is 0 Å². The van der Waals surface area contributed by atoms with Crippen molar-refractivity contribution in [3.8, 4) is 0 Å². The minimum absolute atomic E-state index is 1.15. The average Bonchev–Trinajstić information content (AvgIpc) is 2.29. The molecular formula is C11H17FeN. The number of hydrogen-bond donors (Lipinski definition) is 1. The summed E-state index contributed by atoms with van der Waals surface area (Å²) in [4.78, 5) is 3.32. The standard InChI is InChI=1S/C6H8N.C5H9.Fe/c1-5-3-4-6(2)7-5;1-4-5(2)3;/h3,7H,1-2H3;4H,1H2,2-3H3;. The maximum absolute atomic E-state index is 3.32. The number of aromatic nitrogens is 1. The molecule has 0 aromatic carbocycles. The predicted octanol–water partition coefficient (Wildman–Crippen LogP) is 2.72. The van der Waals surface area contributed by atoms with E-state index < -0.39 is 0 Å². The van der Waals surface area contributed by atoms with E-state index in [-0.39, 0.29) is 0 Å². The fraction of sp³-hybridized carbons (Fsp3) is 0.455. The van der Waals surface area contributed by atoms with Gasteiger partial charge in [0.05, 0.1) is 0 Å². The third-order valence-electron chi connectivity index (χ3n) is 1.76. The van der Waals surface area contributed by atoms with Crippen molar-refractivity contribution in [1.82, 2.24) is 4.98 Å². The van der Waals surface area contributed by atoms with Gasteiger partial charge in [-0.2, -0.15) is 0 Å². The molecule has 0 saturated carbocycles. The van der Waals surface area contributed by atoms with Gasteiger partial charge in [-0.15, -0.1) is 0 Å². The molecule has 1 N–H and O–H groups in total. The van der Waals surface area contributed by atoms with E-state index in [9.17, 15) is 0 Å². The molecule has 0 bridgehead atoms. The van der Waals surface area contributed by atoms with Crippen molar-refractivity contribution in [3.63, 3.8) is 0 Å². The second kappa shape index (κ2) is 4.69. The van der Waals surface area contributed by atoms with Gasteiger partial charge in [-0.3, -0.25) is 0 Å². The fourth-order valence-corrected chi connectivity index (χ4v) is 2.59. The summed E-state index contributed by atoms with van der Waals surface area (Å²) in [5, 5.41) is 1.15. The van der Waals surface area contributed by atoms with Gasteiger partial charge in [-0.25, -0.2) is 0 Å². The quantitative estimate of drug-likeness (QED) is 0.594. The molecule has 0 radical (unpaired) electrons. The van der Waals surface area contributed by atoms with Crippen LogP contribution >= 0.6 is 0 Å². The predicted molar refractivity (Wildman–Crippen MR) is 54.1 cm³/mol. The van der Waals surface area contributed by atoms with E-state index in [0.29, 0.717) is 0 Å². The van der Waals surface area contributed by atoms with Gasteiger partial charge >= 0.3 is 86.5 Å². The first-order valence-corrected chi connectivity index (χ1v) is 5.78. The van der Waals surface area contributed by atoms with Gasteiger partial charge in [0.1, 0.15) is 0 Å². The van der Waals surface area contributed by atoms with Crippen molar-refractivity contribution in [2.24, 2.45) is 0 Å². The van der Waals surface area contributed by atoms with E-state index in [0.717, 1.165) is 20.3 Å². The van der Waals surface area contributed by atoms with Crippen molar-refractivity contribution < 1.29 is 15.0 Å². The topological polar surface area (TPSA) is 15.8 Å². The third kappa shape index (κ3) is 3.41. The third-order valence-corrected chi connectivity index (χ3v) is 3.21. The van der Waals surface area contributed by atoms with Crippen molar-refractivity contribution >= 4 is 4.46 Å². The van der Waals surface area contributed by atoms with Crippen molar-refractivity contribution in [3.05, 3.63) is 29.1 Å². The van der Waals surface area contributed by atoms with Crippen LogP contribution < -0.4 is 4.46 Å². The second-order valence-corrected chi connectivity index (χ2v) is 4.90. The van der Waals surface area contributed by atoms with Crippen LogP contribution in [0.1, 0.15) is 25.2 Å². The molecule has 0 aliphatic heterocycles. The number of nitrogens with one attached hydrogen (secondary N) is 1. The van der Waals surface area contributed by atoms with Crippen molar-refractivity contribution in [2.45, 2.75) is 33.0 Å². The summed E-state index contributed by atoms with van der Waals surface area (Å²) in [5.41, 5.74) is 3.99. The molecule has 0 aliphatic carbocycles. The second-order valence-electron chi connectivity index (χ2n) is 3.46. The number of allylic oxidation sites excluding steroid dienone is 2. The molecule has 0 saturated heterocycles. The van der Waals surface area contributed by atoms with Crippen molar-refractivity contribution in [2.75, 3.05) is 0 Å². The van der Waals surface area contributed by atoms with Crippen LogP contribution in [-0.4, -0.2) is 4.98 Å². The number of hydrogen-bond acceptors (Lipinski definition) is 0. The molecular weight excluding hydrogens is 202 g/mol. The van der Waals surface area contributed by atoms with Crippen LogP contribution in [0.2, 0.25) is 5.32 Å². The molecule has 2 heteroatoms. The van der Waals surface area contributed by atoms with E-state index >= 15 is 0 Å². The van der Waals surface area contributed by atoms with Gasteiger partial charge in [-0.05, 0) is 0 Å². The first-order valence-electron chi connectivity index (χ1n) is 4.45. The van der Waals surface area contributed by atoms with Gasteiger partial charge in [0.15, 0.2) is 0 Å². The molecule has 1 aromatic heterocycles. The van der Waals surface area contributed by atoms with Gasteiger partial charge < -0.3 is 0 Å². The molecule has 1 nitrogen and oxygen atoms in total. The van der Waals surface area contributed by atoms with Crippen LogP contribution in [0, 0.1) is 13.8 Å². The van der Waals surface area contributed by atoms with Crippen molar-refractivity contribution in [1.29, 1.82) is 0 Å². The van der Waals surface area contributed by atoms with Crippen LogP contribution in [-0.2, 0) is 15.0 Å². The Bertz CT molecular complexity index is 306. The summed E-state index contributed by atoms with van der Waals surface area (Å²) in [5.74, 6) is 0. The molecule has 0 amide bonds. The molecule has 1 rings (SSSR count). The number of rotatable bonds is 3. The molecule has 0 spiro atoms. The Labute approximate surface area is 86.8 Å². The summed E-state index contributed by atoms with van der Waals surface area (Å²) < 4.78 is 1.45. The van der Waals surface area contributed by atoms with Gasteiger partial charge in [0.2, 0.25) is 0 Å². The zero-order valence-electron chi connectivity index (χ0n) is 8.72. The Balaban J connectivity index is 2.54. The SMILES string of the molecule is CC(C)=C[CH2][Fe][c]1cc(C)[nH]c1C. The minimum atomic E-state index is 1.15. The fourth-order valence-electron chi connectivity index (χ4n) is 1.07. The first-order chi connectivity index (χ1) is 6.09. The molecule has 13 heavy (non-hydrogen) atoms. The Hall–Kier alpha value is -0.461. The molecule has 0 fully saturated rings. The van der Waals surface area contributed by atoms with E-state index in [1.54, 1.807) is 0 Å². The maximum atomic E-state index is 3.32. The molecule has 74 valence electrons. The Morgan fingerprint density at radius 3 is 2.62 bits per heavy atom. The monoisotopic (exact) mass is 219 g/mol. The van der Waals surface area contributed by atoms with Crippen LogP contribution in [0.5, 0.6) is 0 Å². The van der Waals surface area contributed by atoms with E-state index in [1.807, 2.05) is 0 Å². The summed E-state index contributed by atoms with van der Waals surface area (Å²) >= 11 is 1.15.